The van der Waals surface area contributed by atoms with Gasteiger partial charge >= 0.3 is 0 Å². The van der Waals surface area contributed by atoms with Crippen molar-refractivity contribution in [3.05, 3.63) is 58.0 Å². The predicted molar refractivity (Wildman–Crippen MR) is 97.2 cm³/mol. The summed E-state index contributed by atoms with van der Waals surface area (Å²) in [6, 6.07) is 11.7. The largest absolute Gasteiger partial charge is 0.453 e. The molecular weight excluding hydrogens is 356 g/mol. The molecule has 0 spiro atoms. The second kappa shape index (κ2) is 6.81. The number of aromatic nitrogens is 4. The zero-order chi connectivity index (χ0) is 17.2. The molecular formula is C17H14N4O2S2. The standard InChI is InChI=1S/C17H14N4O2S2/c1-11-13-6-2-3-7-15(13)23-16(11)14(22)10-25-17-18-19-20-21(17)9-12-5-4-8-24-12/h2-8H,9-10H2,1H3. The van der Waals surface area contributed by atoms with Crippen LogP contribution in [-0.4, -0.2) is 31.7 Å². The van der Waals surface area contributed by atoms with Gasteiger partial charge in [0.15, 0.2) is 5.76 Å². The maximum absolute atomic E-state index is 12.6. The van der Waals surface area contributed by atoms with Crippen molar-refractivity contribution < 1.29 is 9.21 Å². The number of hydrogen-bond donors (Lipinski definition) is 0. The fraction of sp³-hybridized carbons (Fsp3) is 0.176. The number of thioether (sulfide) groups is 1. The molecule has 1 aromatic carbocycles. The second-order valence-electron chi connectivity index (χ2n) is 5.46. The molecule has 0 radical (unpaired) electrons. The Balaban J connectivity index is 1.49. The third kappa shape index (κ3) is 3.22. The molecule has 3 heterocycles. The SMILES string of the molecule is Cc1c(C(=O)CSc2nnnn2Cc2cccs2)oc2ccccc12. The van der Waals surface area contributed by atoms with E-state index in [0.29, 0.717) is 17.5 Å². The van der Waals surface area contributed by atoms with E-state index in [0.717, 1.165) is 21.4 Å². The topological polar surface area (TPSA) is 73.8 Å². The number of ketones is 1. The maximum atomic E-state index is 12.6. The molecule has 0 aliphatic heterocycles. The molecule has 3 aromatic heterocycles. The number of Topliss-reactive ketones (excluding diaryl/α,β-unsaturated/α-hetero) is 1. The molecule has 0 unspecified atom stereocenters. The number of hydrogen-bond acceptors (Lipinski definition) is 7. The summed E-state index contributed by atoms with van der Waals surface area (Å²) in [4.78, 5) is 13.7. The van der Waals surface area contributed by atoms with E-state index in [9.17, 15) is 4.79 Å². The molecule has 25 heavy (non-hydrogen) atoms. The van der Waals surface area contributed by atoms with Crippen LogP contribution in [0.3, 0.4) is 0 Å². The highest BCUT2D eigenvalue weighted by Crippen LogP contribution is 2.27. The first-order valence-electron chi connectivity index (χ1n) is 7.65. The van der Waals surface area contributed by atoms with Crippen LogP contribution in [0.1, 0.15) is 21.0 Å². The molecule has 0 aliphatic rings. The summed E-state index contributed by atoms with van der Waals surface area (Å²) >= 11 is 2.97. The zero-order valence-electron chi connectivity index (χ0n) is 13.4. The van der Waals surface area contributed by atoms with Crippen LogP contribution in [-0.2, 0) is 6.54 Å². The smallest absolute Gasteiger partial charge is 0.210 e. The minimum Gasteiger partial charge on any atom is -0.453 e. The Bertz CT molecular complexity index is 1020. The Hall–Kier alpha value is -2.45. The average Bonchev–Trinajstić information content (AvgIpc) is 3.35. The molecule has 0 aliphatic carbocycles. The first-order chi connectivity index (χ1) is 12.2. The molecule has 0 bridgehead atoms. The Labute approximate surface area is 151 Å². The molecule has 6 nitrogen and oxygen atoms in total. The molecule has 0 saturated heterocycles. The van der Waals surface area contributed by atoms with Gasteiger partial charge in [0, 0.05) is 15.8 Å². The molecule has 0 atom stereocenters. The number of benzene rings is 1. The number of rotatable bonds is 6. The number of fused-ring (bicyclic) bond motifs is 1. The van der Waals surface area contributed by atoms with Crippen molar-refractivity contribution in [2.24, 2.45) is 0 Å². The fourth-order valence-corrected chi connectivity index (χ4v) is 4.01. The van der Waals surface area contributed by atoms with Crippen LogP contribution in [0.25, 0.3) is 11.0 Å². The summed E-state index contributed by atoms with van der Waals surface area (Å²) in [7, 11) is 0. The lowest BCUT2D eigenvalue weighted by atomic mass is 10.1. The second-order valence-corrected chi connectivity index (χ2v) is 7.44. The molecule has 0 fully saturated rings. The van der Waals surface area contributed by atoms with E-state index in [2.05, 4.69) is 15.5 Å². The summed E-state index contributed by atoms with van der Waals surface area (Å²) in [5.41, 5.74) is 1.61. The number of aryl methyl sites for hydroxylation is 1. The third-order valence-corrected chi connectivity index (χ3v) is 5.63. The van der Waals surface area contributed by atoms with Crippen LogP contribution in [0.2, 0.25) is 0 Å². The molecule has 4 rings (SSSR count). The van der Waals surface area contributed by atoms with Crippen molar-refractivity contribution in [1.82, 2.24) is 20.2 Å². The average molecular weight is 370 g/mol. The molecule has 0 N–H and O–H groups in total. The van der Waals surface area contributed by atoms with E-state index in [1.54, 1.807) is 16.0 Å². The van der Waals surface area contributed by atoms with Crippen LogP contribution in [0.5, 0.6) is 0 Å². The van der Waals surface area contributed by atoms with Crippen molar-refractivity contribution in [2.75, 3.05) is 5.75 Å². The first-order valence-corrected chi connectivity index (χ1v) is 9.51. The lowest BCUT2D eigenvalue weighted by Crippen LogP contribution is -2.06. The van der Waals surface area contributed by atoms with Crippen molar-refractivity contribution in [2.45, 2.75) is 18.6 Å². The van der Waals surface area contributed by atoms with E-state index < -0.39 is 0 Å². The van der Waals surface area contributed by atoms with Crippen LogP contribution < -0.4 is 0 Å². The lowest BCUT2D eigenvalue weighted by Gasteiger charge is -2.02. The Morgan fingerprint density at radius 1 is 1.28 bits per heavy atom. The molecule has 0 saturated carbocycles. The Morgan fingerprint density at radius 2 is 2.16 bits per heavy atom. The summed E-state index contributed by atoms with van der Waals surface area (Å²) in [6.45, 7) is 2.51. The van der Waals surface area contributed by atoms with Gasteiger partial charge in [-0.05, 0) is 34.9 Å². The summed E-state index contributed by atoms with van der Waals surface area (Å²) in [6.07, 6.45) is 0. The summed E-state index contributed by atoms with van der Waals surface area (Å²) < 4.78 is 7.43. The minimum atomic E-state index is -0.0654. The summed E-state index contributed by atoms with van der Waals surface area (Å²) in [5, 5.41) is 15.3. The van der Waals surface area contributed by atoms with Gasteiger partial charge in [0.25, 0.3) is 0 Å². The Morgan fingerprint density at radius 3 is 2.96 bits per heavy atom. The van der Waals surface area contributed by atoms with Crippen LogP contribution in [0, 0.1) is 6.92 Å². The highest BCUT2D eigenvalue weighted by atomic mass is 32.2. The van der Waals surface area contributed by atoms with E-state index >= 15 is 0 Å². The summed E-state index contributed by atoms with van der Waals surface area (Å²) in [5.74, 6) is 0.571. The van der Waals surface area contributed by atoms with Crippen molar-refractivity contribution >= 4 is 39.9 Å². The lowest BCUT2D eigenvalue weighted by molar-refractivity contribution is 0.0993. The van der Waals surface area contributed by atoms with Crippen LogP contribution in [0.4, 0.5) is 0 Å². The number of tetrazole rings is 1. The van der Waals surface area contributed by atoms with Gasteiger partial charge < -0.3 is 4.42 Å². The van der Waals surface area contributed by atoms with Crippen molar-refractivity contribution in [1.29, 1.82) is 0 Å². The number of nitrogens with zero attached hydrogens (tertiary/aromatic N) is 4. The Kier molecular flexibility index (Phi) is 4.37. The van der Waals surface area contributed by atoms with Gasteiger partial charge in [0.1, 0.15) is 5.58 Å². The predicted octanol–water partition coefficient (Wildman–Crippen LogP) is 3.81. The number of carbonyl (C=O) groups is 1. The van der Waals surface area contributed by atoms with E-state index in [4.69, 9.17) is 4.42 Å². The van der Waals surface area contributed by atoms with E-state index in [-0.39, 0.29) is 11.5 Å². The molecule has 0 amide bonds. The minimum absolute atomic E-state index is 0.0654. The molecule has 126 valence electrons. The molecule has 4 aromatic rings. The van der Waals surface area contributed by atoms with Crippen LogP contribution in [0.15, 0.2) is 51.4 Å². The van der Waals surface area contributed by atoms with E-state index in [1.165, 1.54) is 11.8 Å². The molecule has 8 heteroatoms. The maximum Gasteiger partial charge on any atom is 0.210 e. The van der Waals surface area contributed by atoms with Gasteiger partial charge in [0.05, 0.1) is 12.3 Å². The fourth-order valence-electron chi connectivity index (χ4n) is 2.59. The van der Waals surface area contributed by atoms with Gasteiger partial charge in [0.2, 0.25) is 10.9 Å². The monoisotopic (exact) mass is 370 g/mol. The third-order valence-electron chi connectivity index (χ3n) is 3.81. The first kappa shape index (κ1) is 16.0. The van der Waals surface area contributed by atoms with Gasteiger partial charge in [-0.25, -0.2) is 4.68 Å². The van der Waals surface area contributed by atoms with Crippen LogP contribution >= 0.6 is 23.1 Å². The number of carbonyl (C=O) groups excluding carboxylic acids is 1. The highest BCUT2D eigenvalue weighted by molar-refractivity contribution is 7.99. The van der Waals surface area contributed by atoms with Gasteiger partial charge in [-0.2, -0.15) is 0 Å². The highest BCUT2D eigenvalue weighted by Gasteiger charge is 2.19. The zero-order valence-corrected chi connectivity index (χ0v) is 15.0. The van der Waals surface area contributed by atoms with Crippen molar-refractivity contribution in [3.8, 4) is 0 Å². The normalized spacial score (nSPS) is 11.2. The quantitative estimate of drug-likeness (QED) is 0.379. The number of para-hydroxylation sites is 1. The van der Waals surface area contributed by atoms with Gasteiger partial charge in [-0.1, -0.05) is 36.0 Å². The number of thiophene rings is 1. The number of furan rings is 1. The van der Waals surface area contributed by atoms with E-state index in [1.807, 2.05) is 48.7 Å². The van der Waals surface area contributed by atoms with Crippen molar-refractivity contribution in [3.63, 3.8) is 0 Å². The van der Waals surface area contributed by atoms with Gasteiger partial charge in [-0.15, -0.1) is 16.4 Å². The van der Waals surface area contributed by atoms with Gasteiger partial charge in [-0.3, -0.25) is 4.79 Å².